The highest BCUT2D eigenvalue weighted by molar-refractivity contribution is 5.44. The number of hydrogen-bond acceptors (Lipinski definition) is 1. The summed E-state index contributed by atoms with van der Waals surface area (Å²) < 4.78 is 25.2. The molecule has 13 heavy (non-hydrogen) atoms. The fourth-order valence-corrected chi connectivity index (χ4v) is 0.972. The Morgan fingerprint density at radius 2 is 2.00 bits per heavy atom. The molecule has 0 amide bonds. The maximum absolute atomic E-state index is 12.7. The van der Waals surface area contributed by atoms with E-state index in [-0.39, 0.29) is 6.04 Å². The zero-order chi connectivity index (χ0) is 9.84. The largest absolute Gasteiger partial charge is 0.383 e. The van der Waals surface area contributed by atoms with Gasteiger partial charge in [-0.2, -0.15) is 0 Å². The van der Waals surface area contributed by atoms with Crippen LogP contribution in [0.5, 0.6) is 0 Å². The van der Waals surface area contributed by atoms with Gasteiger partial charge in [-0.05, 0) is 25.5 Å². The normalized spacial score (nSPS) is 12.6. The predicted octanol–water partition coefficient (Wildman–Crippen LogP) is 3.18. The first-order chi connectivity index (χ1) is 6.13. The lowest BCUT2D eigenvalue weighted by atomic mass is 10.2. The van der Waals surface area contributed by atoms with E-state index in [2.05, 4.69) is 5.32 Å². The van der Waals surface area contributed by atoms with Crippen molar-refractivity contribution in [3.05, 3.63) is 29.8 Å². The first-order valence-electron chi connectivity index (χ1n) is 4.35. The molecule has 0 aliphatic heterocycles. The Morgan fingerprint density at radius 1 is 1.31 bits per heavy atom. The predicted molar refractivity (Wildman–Crippen MR) is 49.7 cm³/mol. The summed E-state index contributed by atoms with van der Waals surface area (Å²) in [5, 5.41) is 3.05. The average molecular weight is 185 g/mol. The molecular weight excluding hydrogens is 172 g/mol. The molecular formula is C10H13F2N. The number of halogens is 2. The molecule has 1 N–H and O–H groups in total. The van der Waals surface area contributed by atoms with Gasteiger partial charge in [0.15, 0.2) is 11.6 Å². The third-order valence-electron chi connectivity index (χ3n) is 1.95. The van der Waals surface area contributed by atoms with Gasteiger partial charge < -0.3 is 5.32 Å². The Balaban J connectivity index is 2.73. The van der Waals surface area contributed by atoms with Gasteiger partial charge in [0.2, 0.25) is 0 Å². The van der Waals surface area contributed by atoms with Gasteiger partial charge in [-0.3, -0.25) is 0 Å². The molecule has 0 aliphatic rings. The van der Waals surface area contributed by atoms with E-state index in [1.165, 1.54) is 12.1 Å². The van der Waals surface area contributed by atoms with Crippen molar-refractivity contribution in [2.45, 2.75) is 26.3 Å². The van der Waals surface area contributed by atoms with Crippen molar-refractivity contribution in [3.63, 3.8) is 0 Å². The van der Waals surface area contributed by atoms with Crippen molar-refractivity contribution in [1.82, 2.24) is 0 Å². The average Bonchev–Trinajstić information content (AvgIpc) is 2.11. The van der Waals surface area contributed by atoms with Crippen molar-refractivity contribution < 1.29 is 8.78 Å². The zero-order valence-electron chi connectivity index (χ0n) is 7.77. The second kappa shape index (κ2) is 4.21. The molecule has 0 unspecified atom stereocenters. The minimum Gasteiger partial charge on any atom is -0.383 e. The summed E-state index contributed by atoms with van der Waals surface area (Å²) in [6.45, 7) is 4.01. The van der Waals surface area contributed by atoms with E-state index in [0.29, 0.717) is 5.69 Å². The minimum absolute atomic E-state index is 0.268. The van der Waals surface area contributed by atoms with E-state index in [0.717, 1.165) is 12.5 Å². The number of anilines is 1. The fourth-order valence-electron chi connectivity index (χ4n) is 0.972. The van der Waals surface area contributed by atoms with Gasteiger partial charge in [-0.25, -0.2) is 8.78 Å². The Kier molecular flexibility index (Phi) is 3.23. The molecule has 1 aromatic rings. The SMILES string of the molecule is CC[C@@H](C)Nc1ccc(F)c(F)c1. The molecule has 1 atom stereocenters. The van der Waals surface area contributed by atoms with Crippen molar-refractivity contribution in [2.24, 2.45) is 0 Å². The van der Waals surface area contributed by atoms with E-state index < -0.39 is 11.6 Å². The summed E-state index contributed by atoms with van der Waals surface area (Å²) in [4.78, 5) is 0. The Labute approximate surface area is 76.8 Å². The molecule has 1 aromatic carbocycles. The number of nitrogens with one attached hydrogen (secondary N) is 1. The lowest BCUT2D eigenvalue weighted by molar-refractivity contribution is 0.509. The fraction of sp³-hybridized carbons (Fsp3) is 0.400. The van der Waals surface area contributed by atoms with Gasteiger partial charge in [0.1, 0.15) is 0 Å². The molecule has 0 fully saturated rings. The summed E-state index contributed by atoms with van der Waals surface area (Å²) in [6.07, 6.45) is 0.943. The summed E-state index contributed by atoms with van der Waals surface area (Å²) in [5.74, 6) is -1.62. The van der Waals surface area contributed by atoms with Gasteiger partial charge in [0.05, 0.1) is 0 Å². The zero-order valence-corrected chi connectivity index (χ0v) is 7.77. The summed E-state index contributed by atoms with van der Waals surface area (Å²) in [6, 6.07) is 4.09. The Bertz CT molecular complexity index is 286. The molecule has 1 nitrogen and oxygen atoms in total. The van der Waals surface area contributed by atoms with E-state index in [4.69, 9.17) is 0 Å². The Hall–Kier alpha value is -1.12. The number of rotatable bonds is 3. The van der Waals surface area contributed by atoms with Crippen LogP contribution < -0.4 is 5.32 Å². The van der Waals surface area contributed by atoms with Crippen LogP contribution in [0.25, 0.3) is 0 Å². The van der Waals surface area contributed by atoms with Crippen LogP contribution in [-0.4, -0.2) is 6.04 Å². The Morgan fingerprint density at radius 3 is 2.54 bits per heavy atom. The molecule has 3 heteroatoms. The van der Waals surface area contributed by atoms with E-state index in [9.17, 15) is 8.78 Å². The summed E-state index contributed by atoms with van der Waals surface area (Å²) in [7, 11) is 0. The minimum atomic E-state index is -0.812. The lowest BCUT2D eigenvalue weighted by Crippen LogP contribution is -2.13. The van der Waals surface area contributed by atoms with Crippen LogP contribution in [0.3, 0.4) is 0 Å². The number of hydrogen-bond donors (Lipinski definition) is 1. The standard InChI is InChI=1S/C10H13F2N/c1-3-7(2)13-8-4-5-9(11)10(12)6-8/h4-7,13H,3H2,1-2H3/t7-/m1/s1. The summed E-state index contributed by atoms with van der Waals surface area (Å²) in [5.41, 5.74) is 0.619. The van der Waals surface area contributed by atoms with Gasteiger partial charge in [-0.15, -0.1) is 0 Å². The molecule has 0 saturated carbocycles. The topological polar surface area (TPSA) is 12.0 Å². The van der Waals surface area contributed by atoms with Gasteiger partial charge in [0, 0.05) is 17.8 Å². The molecule has 0 saturated heterocycles. The first kappa shape index (κ1) is 9.96. The lowest BCUT2D eigenvalue weighted by Gasteiger charge is -2.12. The highest BCUT2D eigenvalue weighted by Gasteiger charge is 2.03. The molecule has 0 radical (unpaired) electrons. The summed E-state index contributed by atoms with van der Waals surface area (Å²) >= 11 is 0. The highest BCUT2D eigenvalue weighted by atomic mass is 19.2. The maximum atomic E-state index is 12.7. The van der Waals surface area contributed by atoms with Crippen molar-refractivity contribution in [3.8, 4) is 0 Å². The molecule has 0 aromatic heterocycles. The third-order valence-corrected chi connectivity index (χ3v) is 1.95. The molecule has 0 heterocycles. The second-order valence-electron chi connectivity index (χ2n) is 3.08. The van der Waals surface area contributed by atoms with Crippen LogP contribution in [0.15, 0.2) is 18.2 Å². The van der Waals surface area contributed by atoms with Gasteiger partial charge >= 0.3 is 0 Å². The molecule has 0 bridgehead atoms. The van der Waals surface area contributed by atoms with Crippen molar-refractivity contribution >= 4 is 5.69 Å². The van der Waals surface area contributed by atoms with Gasteiger partial charge in [0.25, 0.3) is 0 Å². The van der Waals surface area contributed by atoms with E-state index >= 15 is 0 Å². The van der Waals surface area contributed by atoms with Crippen LogP contribution in [0.1, 0.15) is 20.3 Å². The monoisotopic (exact) mass is 185 g/mol. The van der Waals surface area contributed by atoms with Crippen LogP contribution >= 0.6 is 0 Å². The van der Waals surface area contributed by atoms with Crippen LogP contribution in [0.4, 0.5) is 14.5 Å². The third kappa shape index (κ3) is 2.68. The van der Waals surface area contributed by atoms with Crippen molar-refractivity contribution in [1.29, 1.82) is 0 Å². The highest BCUT2D eigenvalue weighted by Crippen LogP contribution is 2.14. The van der Waals surface area contributed by atoms with Crippen molar-refractivity contribution in [2.75, 3.05) is 5.32 Å². The van der Waals surface area contributed by atoms with Gasteiger partial charge in [-0.1, -0.05) is 6.92 Å². The van der Waals surface area contributed by atoms with Crippen LogP contribution in [-0.2, 0) is 0 Å². The molecule has 1 rings (SSSR count). The second-order valence-corrected chi connectivity index (χ2v) is 3.08. The van der Waals surface area contributed by atoms with E-state index in [1.54, 1.807) is 0 Å². The quantitative estimate of drug-likeness (QED) is 0.762. The number of benzene rings is 1. The molecule has 72 valence electrons. The molecule has 0 spiro atoms. The first-order valence-corrected chi connectivity index (χ1v) is 4.35. The van der Waals surface area contributed by atoms with Crippen LogP contribution in [0.2, 0.25) is 0 Å². The maximum Gasteiger partial charge on any atom is 0.160 e. The molecule has 0 aliphatic carbocycles. The van der Waals surface area contributed by atoms with Crippen LogP contribution in [0, 0.1) is 11.6 Å². The van der Waals surface area contributed by atoms with E-state index in [1.807, 2.05) is 13.8 Å². The smallest absolute Gasteiger partial charge is 0.160 e.